The Morgan fingerprint density at radius 2 is 1.85 bits per heavy atom. The van der Waals surface area contributed by atoms with E-state index in [1.165, 1.54) is 16.8 Å². The Morgan fingerprint density at radius 3 is 2.52 bits per heavy atom. The second-order valence-electron chi connectivity index (χ2n) is 12.1. The molecular formula is C34H46F3N3O6. The molecule has 254 valence electrons. The molecule has 0 aromatic heterocycles. The average Bonchev–Trinajstić information content (AvgIpc) is 3.01. The van der Waals surface area contributed by atoms with Gasteiger partial charge >= 0.3 is 6.18 Å². The van der Waals surface area contributed by atoms with Crippen molar-refractivity contribution < 1.29 is 42.1 Å². The highest BCUT2D eigenvalue weighted by Crippen LogP contribution is 2.29. The standard InChI is InChI=1S/C34H46F3N3O6/c1-23-20-40(24(2)22-41)33(44)28-19-27(38-31(42)18-26-11-6-5-7-12-26)13-14-29(28)46-25(3)10-8-9-17-45-30(23)21-39(4)32(43)15-16-34(35,36)37/h5-7,11-14,19,23-25,30,41H,8-10,15-18,20-22H2,1-4H3,(H,38,42)/t23-,24+,25-,30+/m0/s1. The van der Waals surface area contributed by atoms with Crippen molar-refractivity contribution in [3.8, 4) is 5.75 Å². The van der Waals surface area contributed by atoms with Crippen LogP contribution in [0.2, 0.25) is 0 Å². The van der Waals surface area contributed by atoms with E-state index >= 15 is 0 Å². The first-order chi connectivity index (χ1) is 21.8. The molecule has 0 fully saturated rings. The number of rotatable bonds is 9. The van der Waals surface area contributed by atoms with Crippen LogP contribution in [-0.4, -0.2) is 90.4 Å². The van der Waals surface area contributed by atoms with E-state index in [0.29, 0.717) is 30.9 Å². The highest BCUT2D eigenvalue weighted by Gasteiger charge is 2.32. The van der Waals surface area contributed by atoms with Crippen LogP contribution < -0.4 is 10.1 Å². The summed E-state index contributed by atoms with van der Waals surface area (Å²) in [4.78, 5) is 42.3. The maximum absolute atomic E-state index is 14.2. The van der Waals surface area contributed by atoms with E-state index in [1.54, 1.807) is 25.1 Å². The molecule has 0 saturated heterocycles. The average molecular weight is 650 g/mol. The monoisotopic (exact) mass is 649 g/mol. The van der Waals surface area contributed by atoms with Gasteiger partial charge in [-0.3, -0.25) is 14.4 Å². The molecule has 1 aliphatic rings. The van der Waals surface area contributed by atoms with Gasteiger partial charge in [0, 0.05) is 44.8 Å². The minimum Gasteiger partial charge on any atom is -0.490 e. The van der Waals surface area contributed by atoms with Crippen molar-refractivity contribution in [1.82, 2.24) is 9.80 Å². The number of likely N-dealkylation sites (N-methyl/N-ethyl adjacent to an activating group) is 1. The van der Waals surface area contributed by atoms with Crippen LogP contribution in [0.4, 0.5) is 18.9 Å². The zero-order valence-electron chi connectivity index (χ0n) is 27.0. The minimum absolute atomic E-state index is 0.0427. The highest BCUT2D eigenvalue weighted by molar-refractivity contribution is 6.00. The number of halogens is 3. The first-order valence-corrected chi connectivity index (χ1v) is 15.8. The molecule has 0 unspecified atom stereocenters. The van der Waals surface area contributed by atoms with Crippen LogP contribution in [0.1, 0.15) is 68.8 Å². The number of hydrogen-bond donors (Lipinski definition) is 2. The van der Waals surface area contributed by atoms with Crippen molar-refractivity contribution >= 4 is 23.4 Å². The Bertz CT molecular complexity index is 1290. The zero-order valence-corrected chi connectivity index (χ0v) is 27.0. The van der Waals surface area contributed by atoms with Crippen LogP contribution in [0, 0.1) is 5.92 Å². The van der Waals surface area contributed by atoms with Crippen LogP contribution >= 0.6 is 0 Å². The fraction of sp³-hybridized carbons (Fsp3) is 0.559. The van der Waals surface area contributed by atoms with Gasteiger partial charge in [0.2, 0.25) is 11.8 Å². The molecule has 3 amide bonds. The number of fused-ring (bicyclic) bond motifs is 1. The van der Waals surface area contributed by atoms with Gasteiger partial charge in [-0.15, -0.1) is 0 Å². The number of ether oxygens (including phenoxy) is 2. The predicted molar refractivity (Wildman–Crippen MR) is 169 cm³/mol. The summed E-state index contributed by atoms with van der Waals surface area (Å²) in [7, 11) is 1.45. The molecule has 46 heavy (non-hydrogen) atoms. The fourth-order valence-corrected chi connectivity index (χ4v) is 5.26. The third-order valence-corrected chi connectivity index (χ3v) is 8.04. The van der Waals surface area contributed by atoms with Crippen LogP contribution in [0.25, 0.3) is 0 Å². The van der Waals surface area contributed by atoms with Crippen molar-refractivity contribution in [2.75, 3.05) is 38.7 Å². The van der Waals surface area contributed by atoms with Gasteiger partial charge < -0.3 is 29.7 Å². The molecule has 12 heteroatoms. The van der Waals surface area contributed by atoms with Crippen LogP contribution in [0.5, 0.6) is 5.75 Å². The second-order valence-corrected chi connectivity index (χ2v) is 12.1. The van der Waals surface area contributed by atoms with Crippen molar-refractivity contribution in [2.24, 2.45) is 5.92 Å². The number of nitrogens with zero attached hydrogens (tertiary/aromatic N) is 2. The minimum atomic E-state index is -4.44. The maximum atomic E-state index is 14.2. The predicted octanol–water partition coefficient (Wildman–Crippen LogP) is 5.46. The normalized spacial score (nSPS) is 20.6. The molecule has 0 radical (unpaired) electrons. The Labute approximate surface area is 269 Å². The third kappa shape index (κ3) is 11.6. The zero-order chi connectivity index (χ0) is 33.9. The Hall–Kier alpha value is -3.64. The lowest BCUT2D eigenvalue weighted by atomic mass is 10.0. The van der Waals surface area contributed by atoms with Gasteiger partial charge in [-0.1, -0.05) is 37.3 Å². The lowest BCUT2D eigenvalue weighted by Crippen LogP contribution is -2.48. The summed E-state index contributed by atoms with van der Waals surface area (Å²) in [5.41, 5.74) is 1.47. The summed E-state index contributed by atoms with van der Waals surface area (Å²) in [6.45, 7) is 5.63. The molecular weight excluding hydrogens is 603 g/mol. The maximum Gasteiger partial charge on any atom is 0.389 e. The molecule has 2 aromatic rings. The van der Waals surface area contributed by atoms with E-state index in [1.807, 2.05) is 44.2 Å². The summed E-state index contributed by atoms with van der Waals surface area (Å²) in [5, 5.41) is 13.0. The highest BCUT2D eigenvalue weighted by atomic mass is 19.4. The topological polar surface area (TPSA) is 108 Å². The van der Waals surface area contributed by atoms with E-state index in [2.05, 4.69) is 5.32 Å². The smallest absolute Gasteiger partial charge is 0.389 e. The van der Waals surface area contributed by atoms with Gasteiger partial charge in [-0.25, -0.2) is 0 Å². The molecule has 3 rings (SSSR count). The number of carbonyl (C=O) groups is 3. The molecule has 9 nitrogen and oxygen atoms in total. The van der Waals surface area contributed by atoms with Gasteiger partial charge in [-0.05, 0) is 56.9 Å². The number of aliphatic hydroxyl groups excluding tert-OH is 1. The van der Waals surface area contributed by atoms with E-state index in [9.17, 15) is 32.7 Å². The molecule has 1 aliphatic heterocycles. The van der Waals surface area contributed by atoms with E-state index in [0.717, 1.165) is 12.0 Å². The molecule has 2 aromatic carbocycles. The van der Waals surface area contributed by atoms with Crippen molar-refractivity contribution in [2.45, 2.75) is 83.7 Å². The number of alkyl halides is 3. The quantitative estimate of drug-likeness (QED) is 0.374. The second kappa shape index (κ2) is 17.3. The Kier molecular flexibility index (Phi) is 13.9. The number of benzene rings is 2. The SMILES string of the molecule is C[C@H](CO)N1C[C@H](C)[C@@H](CN(C)C(=O)CCC(F)(F)F)OCCCC[C@H](C)Oc2ccc(NC(=O)Cc3ccccc3)cc2C1=O. The summed E-state index contributed by atoms with van der Waals surface area (Å²) < 4.78 is 50.6. The lowest BCUT2D eigenvalue weighted by Gasteiger charge is -2.36. The molecule has 1 heterocycles. The third-order valence-electron chi connectivity index (χ3n) is 8.04. The van der Waals surface area contributed by atoms with Crippen molar-refractivity contribution in [3.05, 3.63) is 59.7 Å². The number of amides is 3. The molecule has 2 N–H and O–H groups in total. The summed E-state index contributed by atoms with van der Waals surface area (Å²) in [5.74, 6) is -1.35. The Balaban J connectivity index is 1.89. The van der Waals surface area contributed by atoms with Crippen LogP contribution in [-0.2, 0) is 20.7 Å². The molecule has 0 saturated carbocycles. The molecule has 0 aliphatic carbocycles. The number of hydrogen-bond acceptors (Lipinski definition) is 6. The van der Waals surface area contributed by atoms with Gasteiger partial charge in [0.25, 0.3) is 5.91 Å². The fourth-order valence-electron chi connectivity index (χ4n) is 5.26. The summed E-state index contributed by atoms with van der Waals surface area (Å²) in [6, 6.07) is 13.6. The first-order valence-electron chi connectivity index (χ1n) is 15.8. The van der Waals surface area contributed by atoms with Crippen LogP contribution in [0.15, 0.2) is 48.5 Å². The first kappa shape index (κ1) is 36.8. The van der Waals surface area contributed by atoms with Crippen molar-refractivity contribution in [1.29, 1.82) is 0 Å². The molecule has 0 spiro atoms. The Morgan fingerprint density at radius 1 is 1.13 bits per heavy atom. The molecule has 4 atom stereocenters. The van der Waals surface area contributed by atoms with Gasteiger partial charge in [0.1, 0.15) is 5.75 Å². The van der Waals surface area contributed by atoms with Gasteiger partial charge in [0.05, 0.1) is 43.3 Å². The van der Waals surface area contributed by atoms with Gasteiger partial charge in [-0.2, -0.15) is 13.2 Å². The molecule has 0 bridgehead atoms. The van der Waals surface area contributed by atoms with Crippen molar-refractivity contribution in [3.63, 3.8) is 0 Å². The number of anilines is 1. The summed E-state index contributed by atoms with van der Waals surface area (Å²) >= 11 is 0. The van der Waals surface area contributed by atoms with E-state index in [4.69, 9.17) is 9.47 Å². The largest absolute Gasteiger partial charge is 0.490 e. The van der Waals surface area contributed by atoms with Gasteiger partial charge in [0.15, 0.2) is 0 Å². The van der Waals surface area contributed by atoms with E-state index in [-0.39, 0.29) is 49.6 Å². The number of carbonyl (C=O) groups excluding carboxylic acids is 3. The van der Waals surface area contributed by atoms with Crippen LogP contribution in [0.3, 0.4) is 0 Å². The number of nitrogens with one attached hydrogen (secondary N) is 1. The number of aliphatic hydroxyl groups is 1. The summed E-state index contributed by atoms with van der Waals surface area (Å²) in [6.07, 6.45) is -4.87. The lowest BCUT2D eigenvalue weighted by molar-refractivity contribution is -0.149. The van der Waals surface area contributed by atoms with E-state index < -0.39 is 43.0 Å².